The Morgan fingerprint density at radius 2 is 1.76 bits per heavy atom. The second-order valence-corrected chi connectivity index (χ2v) is 9.06. The minimum Gasteiger partial charge on any atom is -0.467 e. The van der Waals surface area contributed by atoms with Crippen molar-refractivity contribution in [1.82, 2.24) is 10.0 Å². The molecule has 0 spiro atoms. The van der Waals surface area contributed by atoms with Crippen LogP contribution in [0.25, 0.3) is 0 Å². The summed E-state index contributed by atoms with van der Waals surface area (Å²) in [7, 11) is -3.30. The highest BCUT2D eigenvalue weighted by molar-refractivity contribution is 7.89. The summed E-state index contributed by atoms with van der Waals surface area (Å²) >= 11 is 0. The van der Waals surface area contributed by atoms with Crippen LogP contribution in [0.5, 0.6) is 0 Å². The van der Waals surface area contributed by atoms with E-state index in [1.807, 2.05) is 0 Å². The van der Waals surface area contributed by atoms with Crippen molar-refractivity contribution in [3.05, 3.63) is 69.0 Å². The van der Waals surface area contributed by atoms with Crippen LogP contribution in [0.2, 0.25) is 0 Å². The number of nitrogens with zero attached hydrogens (tertiary/aromatic N) is 1. The number of nitro benzene ring substituents is 1. The van der Waals surface area contributed by atoms with E-state index in [9.17, 15) is 32.5 Å². The zero-order chi connectivity index (χ0) is 24.9. The van der Waals surface area contributed by atoms with Crippen LogP contribution in [0, 0.1) is 29.8 Å². The molecule has 0 radical (unpaired) electrons. The molecule has 2 aromatic carbocycles. The first-order valence-electron chi connectivity index (χ1n) is 9.77. The van der Waals surface area contributed by atoms with Crippen LogP contribution in [-0.2, 0) is 30.8 Å². The van der Waals surface area contributed by atoms with Gasteiger partial charge in [0.05, 0.1) is 18.1 Å². The van der Waals surface area contributed by atoms with Crippen LogP contribution in [0.15, 0.2) is 41.3 Å². The van der Waals surface area contributed by atoms with Crippen molar-refractivity contribution >= 4 is 27.6 Å². The standard InChI is InChI=1S/C21H24FN3O7S/c1-12-9-15(22)10-13(2)16(12)11-17(21(27)32-4)23-20(26)14(3)24-33(30,31)19-8-6-5-7-18(19)25(28)29/h5-10,14,17,24H,11H2,1-4H3,(H,23,26)/t14-,17-/m0/s1. The number of carbonyl (C=O) groups excluding carboxylic acids is 2. The van der Waals surface area contributed by atoms with E-state index in [-0.39, 0.29) is 6.42 Å². The summed E-state index contributed by atoms with van der Waals surface area (Å²) in [5.74, 6) is -2.07. The molecular weight excluding hydrogens is 457 g/mol. The van der Waals surface area contributed by atoms with E-state index in [1.54, 1.807) is 13.8 Å². The number of hydrogen-bond donors (Lipinski definition) is 2. The Hall–Kier alpha value is -3.38. The monoisotopic (exact) mass is 481 g/mol. The molecule has 0 aliphatic carbocycles. The van der Waals surface area contributed by atoms with Gasteiger partial charge in [0.2, 0.25) is 15.9 Å². The molecule has 12 heteroatoms. The topological polar surface area (TPSA) is 145 Å². The lowest BCUT2D eigenvalue weighted by atomic mass is 9.96. The molecule has 2 rings (SSSR count). The molecule has 0 unspecified atom stereocenters. The van der Waals surface area contributed by atoms with Gasteiger partial charge in [-0.25, -0.2) is 17.6 Å². The lowest BCUT2D eigenvalue weighted by Crippen LogP contribution is -2.51. The zero-order valence-corrected chi connectivity index (χ0v) is 19.2. The lowest BCUT2D eigenvalue weighted by Gasteiger charge is -2.21. The number of para-hydroxylation sites is 1. The Kier molecular flexibility index (Phi) is 8.23. The van der Waals surface area contributed by atoms with E-state index >= 15 is 0 Å². The van der Waals surface area contributed by atoms with E-state index in [1.165, 1.54) is 31.2 Å². The van der Waals surface area contributed by atoms with E-state index in [0.29, 0.717) is 16.7 Å². The SMILES string of the molecule is COC(=O)[C@H](Cc1c(C)cc(F)cc1C)NC(=O)[C@H](C)NS(=O)(=O)c1ccccc1[N+](=O)[O-]. The molecule has 2 N–H and O–H groups in total. The number of carbonyl (C=O) groups is 2. The number of sulfonamides is 1. The Morgan fingerprint density at radius 3 is 2.30 bits per heavy atom. The molecular formula is C21H24FN3O7S. The van der Waals surface area contributed by atoms with Crippen LogP contribution in [0.1, 0.15) is 23.6 Å². The number of nitrogens with one attached hydrogen (secondary N) is 2. The number of aryl methyl sites for hydroxylation is 2. The Bertz CT molecular complexity index is 1160. The third kappa shape index (κ3) is 6.33. The highest BCUT2D eigenvalue weighted by Crippen LogP contribution is 2.23. The smallest absolute Gasteiger partial charge is 0.328 e. The molecule has 178 valence electrons. The van der Waals surface area contributed by atoms with E-state index in [0.717, 1.165) is 19.2 Å². The van der Waals surface area contributed by atoms with E-state index in [4.69, 9.17) is 4.74 Å². The number of amides is 1. The molecule has 0 saturated carbocycles. The minimum atomic E-state index is -4.43. The van der Waals surface area contributed by atoms with Gasteiger partial charge in [-0.3, -0.25) is 14.9 Å². The molecule has 10 nitrogen and oxygen atoms in total. The van der Waals surface area contributed by atoms with Crippen molar-refractivity contribution in [3.8, 4) is 0 Å². The first-order chi connectivity index (χ1) is 15.4. The molecule has 2 aromatic rings. The van der Waals surface area contributed by atoms with E-state index in [2.05, 4.69) is 10.0 Å². The van der Waals surface area contributed by atoms with Crippen LogP contribution >= 0.6 is 0 Å². The van der Waals surface area contributed by atoms with Gasteiger partial charge in [-0.2, -0.15) is 4.72 Å². The van der Waals surface area contributed by atoms with Crippen molar-refractivity contribution in [2.45, 2.75) is 44.2 Å². The van der Waals surface area contributed by atoms with Crippen LogP contribution < -0.4 is 10.0 Å². The van der Waals surface area contributed by atoms with Gasteiger partial charge in [-0.1, -0.05) is 12.1 Å². The predicted molar refractivity (Wildman–Crippen MR) is 116 cm³/mol. The summed E-state index contributed by atoms with van der Waals surface area (Å²) in [6.07, 6.45) is -0.0139. The largest absolute Gasteiger partial charge is 0.467 e. The van der Waals surface area contributed by atoms with Crippen LogP contribution in [0.3, 0.4) is 0 Å². The van der Waals surface area contributed by atoms with E-state index < -0.39 is 55.3 Å². The molecule has 0 fully saturated rings. The maximum absolute atomic E-state index is 13.6. The molecule has 33 heavy (non-hydrogen) atoms. The van der Waals surface area contributed by atoms with Gasteiger partial charge in [-0.15, -0.1) is 0 Å². The first kappa shape index (κ1) is 25.9. The number of rotatable bonds is 9. The van der Waals surface area contributed by atoms with Gasteiger partial charge in [-0.05, 0) is 55.7 Å². The summed E-state index contributed by atoms with van der Waals surface area (Å²) in [6, 6.07) is 4.73. The fourth-order valence-electron chi connectivity index (χ4n) is 3.28. The second kappa shape index (κ2) is 10.5. The minimum absolute atomic E-state index is 0.0139. The molecule has 2 atom stereocenters. The summed E-state index contributed by atoms with van der Waals surface area (Å²) in [4.78, 5) is 34.6. The summed E-state index contributed by atoms with van der Waals surface area (Å²) in [5, 5.41) is 13.6. The number of halogens is 1. The van der Waals surface area contributed by atoms with Crippen molar-refractivity contribution in [2.24, 2.45) is 0 Å². The number of esters is 1. The number of nitro groups is 1. The molecule has 0 saturated heterocycles. The van der Waals surface area contributed by atoms with Gasteiger partial charge in [0.15, 0.2) is 4.90 Å². The molecule has 0 aliphatic heterocycles. The van der Waals surface area contributed by atoms with Crippen LogP contribution in [0.4, 0.5) is 10.1 Å². The Morgan fingerprint density at radius 1 is 1.18 bits per heavy atom. The van der Waals surface area contributed by atoms with Crippen LogP contribution in [-0.4, -0.2) is 44.4 Å². The number of benzene rings is 2. The first-order valence-corrected chi connectivity index (χ1v) is 11.2. The molecule has 0 aromatic heterocycles. The van der Waals surface area contributed by atoms with Gasteiger partial charge < -0.3 is 10.1 Å². The summed E-state index contributed by atoms with van der Waals surface area (Å²) in [5.41, 5.74) is 1.12. The average Bonchev–Trinajstić information content (AvgIpc) is 2.74. The number of methoxy groups -OCH3 is 1. The summed E-state index contributed by atoms with van der Waals surface area (Å²) < 4.78 is 45.7. The maximum Gasteiger partial charge on any atom is 0.328 e. The van der Waals surface area contributed by atoms with Gasteiger partial charge in [0.1, 0.15) is 11.9 Å². The Balaban J connectivity index is 2.23. The third-order valence-corrected chi connectivity index (χ3v) is 6.54. The number of ether oxygens (including phenoxy) is 1. The van der Waals surface area contributed by atoms with Crippen molar-refractivity contribution < 1.29 is 32.1 Å². The fourth-order valence-corrected chi connectivity index (χ4v) is 4.66. The quantitative estimate of drug-likeness (QED) is 0.316. The zero-order valence-electron chi connectivity index (χ0n) is 18.4. The maximum atomic E-state index is 13.6. The van der Waals surface area contributed by atoms with Crippen molar-refractivity contribution in [2.75, 3.05) is 7.11 Å². The van der Waals surface area contributed by atoms with Gasteiger partial charge in [0, 0.05) is 12.5 Å². The molecule has 0 heterocycles. The van der Waals surface area contributed by atoms with Crippen molar-refractivity contribution in [3.63, 3.8) is 0 Å². The lowest BCUT2D eigenvalue weighted by molar-refractivity contribution is -0.387. The van der Waals surface area contributed by atoms with Gasteiger partial charge >= 0.3 is 5.97 Å². The highest BCUT2D eigenvalue weighted by atomic mass is 32.2. The summed E-state index contributed by atoms with van der Waals surface area (Å²) in [6.45, 7) is 4.54. The van der Waals surface area contributed by atoms with Crippen molar-refractivity contribution in [1.29, 1.82) is 0 Å². The molecule has 1 amide bonds. The predicted octanol–water partition coefficient (Wildman–Crippen LogP) is 1.92. The third-order valence-electron chi connectivity index (χ3n) is 4.95. The number of hydrogen-bond acceptors (Lipinski definition) is 7. The fraction of sp³-hybridized carbons (Fsp3) is 0.333. The Labute approximate surface area is 190 Å². The average molecular weight is 482 g/mol. The molecule has 0 bridgehead atoms. The highest BCUT2D eigenvalue weighted by Gasteiger charge is 2.31. The van der Waals surface area contributed by atoms with Gasteiger partial charge in [0.25, 0.3) is 5.69 Å². The normalized spacial score (nSPS) is 13.1. The molecule has 0 aliphatic rings. The second-order valence-electron chi connectivity index (χ2n) is 7.37.